The molecular formula is C23H25ClN4O2S. The Bertz CT molecular complexity index is 1020. The molecule has 162 valence electrons. The van der Waals surface area contributed by atoms with Crippen LogP contribution < -0.4 is 16.4 Å². The summed E-state index contributed by atoms with van der Waals surface area (Å²) in [5, 5.41) is 7.26. The number of nitrogens with two attached hydrogens (primary N) is 1. The van der Waals surface area contributed by atoms with Crippen LogP contribution in [0.2, 0.25) is 5.02 Å². The molecule has 0 fully saturated rings. The first-order valence-electron chi connectivity index (χ1n) is 10.1. The number of nitrogens with one attached hydrogen (secondary N) is 2. The summed E-state index contributed by atoms with van der Waals surface area (Å²) in [5.74, 6) is -0.487. The molecule has 31 heavy (non-hydrogen) atoms. The number of hydrogen-bond acceptors (Lipinski definition) is 5. The van der Waals surface area contributed by atoms with Gasteiger partial charge in [0.2, 0.25) is 11.8 Å². The third-order valence-corrected chi connectivity index (χ3v) is 6.00. The molecule has 0 saturated heterocycles. The second kappa shape index (κ2) is 10.9. The highest BCUT2D eigenvalue weighted by atomic mass is 35.5. The molecular weight excluding hydrogens is 432 g/mol. The maximum absolute atomic E-state index is 12.0. The maximum atomic E-state index is 12.0. The lowest BCUT2D eigenvalue weighted by Crippen LogP contribution is -2.35. The van der Waals surface area contributed by atoms with Gasteiger partial charge in [-0.1, -0.05) is 65.4 Å². The lowest BCUT2D eigenvalue weighted by Gasteiger charge is -2.14. The summed E-state index contributed by atoms with van der Waals surface area (Å²) >= 11 is 7.53. The van der Waals surface area contributed by atoms with E-state index in [9.17, 15) is 9.59 Å². The summed E-state index contributed by atoms with van der Waals surface area (Å²) < 4.78 is 0. The van der Waals surface area contributed by atoms with Gasteiger partial charge in [0.05, 0.1) is 10.6 Å². The van der Waals surface area contributed by atoms with Gasteiger partial charge in [0.25, 0.3) is 0 Å². The molecule has 2 amide bonds. The van der Waals surface area contributed by atoms with E-state index in [0.29, 0.717) is 23.1 Å². The normalized spacial score (nSPS) is 11.7. The van der Waals surface area contributed by atoms with Crippen molar-refractivity contribution < 1.29 is 9.59 Å². The van der Waals surface area contributed by atoms with Crippen LogP contribution in [0.1, 0.15) is 26.2 Å². The minimum Gasteiger partial charge on any atom is -0.368 e. The smallest absolute Gasteiger partial charge is 0.239 e. The fourth-order valence-corrected chi connectivity index (χ4v) is 4.31. The van der Waals surface area contributed by atoms with E-state index >= 15 is 0 Å². The van der Waals surface area contributed by atoms with Gasteiger partial charge in [-0.15, -0.1) is 0 Å². The van der Waals surface area contributed by atoms with Gasteiger partial charge in [-0.3, -0.25) is 9.59 Å². The van der Waals surface area contributed by atoms with Gasteiger partial charge >= 0.3 is 0 Å². The number of carbonyl (C=O) groups is 2. The maximum Gasteiger partial charge on any atom is 0.239 e. The van der Waals surface area contributed by atoms with Crippen LogP contribution in [0, 0.1) is 0 Å². The number of nitrogens with zero attached hydrogens (tertiary/aromatic N) is 1. The third kappa shape index (κ3) is 6.54. The molecule has 3 rings (SSSR count). The molecule has 6 nitrogen and oxygen atoms in total. The van der Waals surface area contributed by atoms with E-state index in [-0.39, 0.29) is 5.91 Å². The number of hydrogen-bond donors (Lipinski definition) is 3. The fraction of sp³-hybridized carbons (Fsp3) is 0.261. The molecule has 3 aromatic rings. The van der Waals surface area contributed by atoms with Crippen molar-refractivity contribution in [3.05, 3.63) is 59.6 Å². The van der Waals surface area contributed by atoms with Crippen LogP contribution in [0.15, 0.2) is 54.6 Å². The lowest BCUT2D eigenvalue weighted by atomic mass is 10.1. The quantitative estimate of drug-likeness (QED) is 0.385. The van der Waals surface area contributed by atoms with Gasteiger partial charge in [-0.2, -0.15) is 0 Å². The number of thiazole rings is 1. The van der Waals surface area contributed by atoms with Gasteiger partial charge in [-0.05, 0) is 37.0 Å². The number of anilines is 1. The molecule has 0 aliphatic rings. The van der Waals surface area contributed by atoms with Crippen LogP contribution in [0.5, 0.6) is 0 Å². The van der Waals surface area contributed by atoms with E-state index in [0.717, 1.165) is 34.5 Å². The van der Waals surface area contributed by atoms with Crippen LogP contribution >= 0.6 is 22.9 Å². The van der Waals surface area contributed by atoms with Crippen LogP contribution in [0.3, 0.4) is 0 Å². The van der Waals surface area contributed by atoms with Crippen LogP contribution in [0.4, 0.5) is 5.13 Å². The minimum atomic E-state index is -0.537. The van der Waals surface area contributed by atoms with Gasteiger partial charge in [0.15, 0.2) is 5.13 Å². The van der Waals surface area contributed by atoms with Crippen LogP contribution in [-0.4, -0.2) is 29.4 Å². The molecule has 1 aromatic heterocycles. The van der Waals surface area contributed by atoms with Crippen LogP contribution in [-0.2, 0) is 9.59 Å². The zero-order chi connectivity index (χ0) is 22.2. The number of rotatable bonds is 10. The molecule has 0 unspecified atom stereocenters. The molecule has 0 saturated carbocycles. The average molecular weight is 457 g/mol. The van der Waals surface area contributed by atoms with Crippen molar-refractivity contribution in [3.8, 4) is 21.7 Å². The Kier molecular flexibility index (Phi) is 8.03. The molecule has 4 N–H and O–H groups in total. The monoisotopic (exact) mass is 456 g/mol. The standard InChI is InChI=1S/C23H25ClN4O2S/c1-15(29)26-14-6-5-9-19(22(25)30)27-23-28-20(16-10-12-18(24)13-11-16)21(31-23)17-7-3-2-4-8-17/h2-4,7-8,10-13,19H,5-6,9,14H2,1H3,(H2,25,30)(H,26,29)(H,27,28)/t19-/m0/s1. The van der Waals surface area contributed by atoms with Crippen molar-refractivity contribution >= 4 is 39.9 Å². The number of carbonyl (C=O) groups excluding carboxylic acids is 2. The Balaban J connectivity index is 1.80. The zero-order valence-electron chi connectivity index (χ0n) is 17.2. The largest absolute Gasteiger partial charge is 0.368 e. The summed E-state index contributed by atoms with van der Waals surface area (Å²) in [6.45, 7) is 2.07. The van der Waals surface area contributed by atoms with Crippen molar-refractivity contribution in [3.63, 3.8) is 0 Å². The molecule has 0 bridgehead atoms. The number of benzene rings is 2. The van der Waals surface area contributed by atoms with Crippen molar-refractivity contribution in [2.75, 3.05) is 11.9 Å². The average Bonchev–Trinajstić information content (AvgIpc) is 3.17. The number of unbranched alkanes of at least 4 members (excludes halogenated alkanes) is 1. The summed E-state index contributed by atoms with van der Waals surface area (Å²) in [6, 6.07) is 17.0. The number of aromatic nitrogens is 1. The summed E-state index contributed by atoms with van der Waals surface area (Å²) in [4.78, 5) is 28.7. The van der Waals surface area contributed by atoms with Crippen molar-refractivity contribution in [2.24, 2.45) is 5.73 Å². The molecule has 8 heteroatoms. The van der Waals surface area contributed by atoms with Gasteiger partial charge < -0.3 is 16.4 Å². The van der Waals surface area contributed by atoms with Crippen molar-refractivity contribution in [1.29, 1.82) is 0 Å². The number of amides is 2. The molecule has 2 aromatic carbocycles. The number of primary amides is 1. The van der Waals surface area contributed by atoms with Crippen molar-refractivity contribution in [2.45, 2.75) is 32.2 Å². The molecule has 0 radical (unpaired) electrons. The molecule has 1 heterocycles. The van der Waals surface area contributed by atoms with E-state index in [1.807, 2.05) is 54.6 Å². The summed E-state index contributed by atoms with van der Waals surface area (Å²) in [5.41, 5.74) is 8.43. The van der Waals surface area contributed by atoms with Gasteiger partial charge in [0.1, 0.15) is 6.04 Å². The topological polar surface area (TPSA) is 97.1 Å². The SMILES string of the molecule is CC(=O)NCCCC[C@H](Nc1nc(-c2ccc(Cl)cc2)c(-c2ccccc2)s1)C(N)=O. The third-order valence-electron chi connectivity index (χ3n) is 4.72. The van der Waals surface area contributed by atoms with Crippen molar-refractivity contribution in [1.82, 2.24) is 10.3 Å². The van der Waals surface area contributed by atoms with E-state index < -0.39 is 11.9 Å². The first-order valence-corrected chi connectivity index (χ1v) is 11.3. The Morgan fingerprint density at radius 1 is 1.06 bits per heavy atom. The molecule has 0 aliphatic heterocycles. The predicted molar refractivity (Wildman–Crippen MR) is 127 cm³/mol. The minimum absolute atomic E-state index is 0.0597. The lowest BCUT2D eigenvalue weighted by molar-refractivity contribution is -0.120. The highest BCUT2D eigenvalue weighted by Gasteiger charge is 2.20. The zero-order valence-corrected chi connectivity index (χ0v) is 18.8. The predicted octanol–water partition coefficient (Wildman–Crippen LogP) is 4.70. The second-order valence-electron chi connectivity index (χ2n) is 7.15. The highest BCUT2D eigenvalue weighted by Crippen LogP contribution is 2.39. The van der Waals surface area contributed by atoms with Crippen LogP contribution in [0.25, 0.3) is 21.7 Å². The van der Waals surface area contributed by atoms with Gasteiger partial charge in [0, 0.05) is 24.1 Å². The summed E-state index contributed by atoms with van der Waals surface area (Å²) in [7, 11) is 0. The molecule has 1 atom stereocenters. The van der Waals surface area contributed by atoms with E-state index in [2.05, 4.69) is 10.6 Å². The van der Waals surface area contributed by atoms with E-state index in [1.54, 1.807) is 0 Å². The Morgan fingerprint density at radius 3 is 2.42 bits per heavy atom. The fourth-order valence-electron chi connectivity index (χ4n) is 3.14. The van der Waals surface area contributed by atoms with Gasteiger partial charge in [-0.25, -0.2) is 4.98 Å². The molecule has 0 spiro atoms. The first-order chi connectivity index (χ1) is 14.9. The Morgan fingerprint density at radius 2 is 1.77 bits per heavy atom. The summed E-state index contributed by atoms with van der Waals surface area (Å²) in [6.07, 6.45) is 2.08. The van der Waals surface area contributed by atoms with E-state index in [4.69, 9.17) is 22.3 Å². The second-order valence-corrected chi connectivity index (χ2v) is 8.58. The first kappa shape index (κ1) is 22.8. The highest BCUT2D eigenvalue weighted by molar-refractivity contribution is 7.19. The molecule has 0 aliphatic carbocycles. The number of halogens is 1. The Labute approximate surface area is 190 Å². The van der Waals surface area contributed by atoms with E-state index in [1.165, 1.54) is 18.3 Å². The Hall–Kier alpha value is -2.90.